The molecule has 0 radical (unpaired) electrons. The van der Waals surface area contributed by atoms with Crippen LogP contribution in [0, 0.1) is 5.82 Å². The number of carbonyl (C=O) groups is 1. The fourth-order valence-electron chi connectivity index (χ4n) is 2.34. The summed E-state index contributed by atoms with van der Waals surface area (Å²) in [5, 5.41) is 6.87. The van der Waals surface area contributed by atoms with Crippen molar-refractivity contribution in [1.29, 1.82) is 0 Å². The van der Waals surface area contributed by atoms with Gasteiger partial charge in [-0.1, -0.05) is 17.7 Å². The largest absolute Gasteiger partial charge is 0.458 e. The third-order valence-electron chi connectivity index (χ3n) is 3.68. The number of amides is 1. The molecule has 5 nitrogen and oxygen atoms in total. The van der Waals surface area contributed by atoms with Gasteiger partial charge in [0.05, 0.1) is 11.6 Å². The molecular formula is C19H15ClF3N3O2. The van der Waals surface area contributed by atoms with E-state index in [0.717, 1.165) is 13.0 Å². The Bertz CT molecular complexity index is 1020. The second-order valence-electron chi connectivity index (χ2n) is 6.04. The Labute approximate surface area is 163 Å². The van der Waals surface area contributed by atoms with Gasteiger partial charge in [0, 0.05) is 25.3 Å². The minimum absolute atomic E-state index is 0.132. The predicted molar refractivity (Wildman–Crippen MR) is 98.7 cm³/mol. The van der Waals surface area contributed by atoms with E-state index in [1.54, 1.807) is 12.3 Å². The molecule has 9 heteroatoms. The van der Waals surface area contributed by atoms with Gasteiger partial charge in [-0.2, -0.15) is 13.9 Å². The number of benzene rings is 1. The van der Waals surface area contributed by atoms with Crippen molar-refractivity contribution in [1.82, 2.24) is 9.78 Å². The van der Waals surface area contributed by atoms with E-state index in [1.807, 2.05) is 0 Å². The van der Waals surface area contributed by atoms with Crippen molar-refractivity contribution in [2.24, 2.45) is 0 Å². The van der Waals surface area contributed by atoms with Gasteiger partial charge in [-0.3, -0.25) is 9.48 Å². The number of nitrogens with one attached hydrogen (secondary N) is 1. The van der Waals surface area contributed by atoms with Crippen LogP contribution in [-0.2, 0) is 17.3 Å². The van der Waals surface area contributed by atoms with E-state index in [0.29, 0.717) is 11.3 Å². The molecule has 0 aliphatic heterocycles. The molecule has 28 heavy (non-hydrogen) atoms. The van der Waals surface area contributed by atoms with Crippen molar-refractivity contribution in [3.05, 3.63) is 76.6 Å². The van der Waals surface area contributed by atoms with Crippen molar-refractivity contribution in [2.75, 3.05) is 5.32 Å². The molecule has 0 atom stereocenters. The van der Waals surface area contributed by atoms with Gasteiger partial charge in [0.2, 0.25) is 5.91 Å². The molecule has 0 fully saturated rings. The molecule has 1 amide bonds. The first kappa shape index (κ1) is 19.8. The Morgan fingerprint density at radius 3 is 2.79 bits per heavy atom. The van der Waals surface area contributed by atoms with Crippen LogP contribution in [0.25, 0.3) is 6.08 Å². The molecule has 146 valence electrons. The Kier molecular flexibility index (Phi) is 5.60. The molecule has 1 N–H and O–H groups in total. The summed E-state index contributed by atoms with van der Waals surface area (Å²) < 4.78 is 45.9. The van der Waals surface area contributed by atoms with Crippen molar-refractivity contribution >= 4 is 29.4 Å². The number of halogens is 4. The lowest BCUT2D eigenvalue weighted by molar-refractivity contribution is -0.111. The molecule has 0 spiro atoms. The van der Waals surface area contributed by atoms with E-state index < -0.39 is 23.4 Å². The standard InChI is InChI=1S/C19H15ClF3N3O2/c1-19(22,23)16-6-5-14(28-16)11-26-9-8-17(25-26)24-18(27)7-3-12-2-4-13(21)10-15(12)20/h2-10H,11H2,1H3,(H,24,25,27)/b7-3+. The monoisotopic (exact) mass is 409 g/mol. The topological polar surface area (TPSA) is 60.1 Å². The molecule has 2 heterocycles. The highest BCUT2D eigenvalue weighted by Crippen LogP contribution is 2.28. The second-order valence-corrected chi connectivity index (χ2v) is 6.45. The maximum atomic E-state index is 13.2. The fourth-order valence-corrected chi connectivity index (χ4v) is 2.58. The van der Waals surface area contributed by atoms with Crippen molar-refractivity contribution < 1.29 is 22.4 Å². The molecule has 3 aromatic rings. The number of nitrogens with zero attached hydrogens (tertiary/aromatic N) is 2. The second kappa shape index (κ2) is 7.93. The van der Waals surface area contributed by atoms with Gasteiger partial charge in [-0.05, 0) is 35.9 Å². The van der Waals surface area contributed by atoms with Gasteiger partial charge in [0.25, 0.3) is 0 Å². The van der Waals surface area contributed by atoms with E-state index in [4.69, 9.17) is 16.0 Å². The predicted octanol–water partition coefficient (Wildman–Crippen LogP) is 5.08. The quantitative estimate of drug-likeness (QED) is 0.577. The lowest BCUT2D eigenvalue weighted by Gasteiger charge is -2.05. The Morgan fingerprint density at radius 1 is 1.32 bits per heavy atom. The van der Waals surface area contributed by atoms with Crippen molar-refractivity contribution in [2.45, 2.75) is 19.4 Å². The average molecular weight is 410 g/mol. The molecule has 3 rings (SSSR count). The van der Waals surface area contributed by atoms with Gasteiger partial charge in [0.15, 0.2) is 11.6 Å². The molecule has 0 aliphatic rings. The maximum Gasteiger partial charge on any atom is 0.301 e. The van der Waals surface area contributed by atoms with Crippen LogP contribution in [-0.4, -0.2) is 15.7 Å². The molecule has 0 saturated carbocycles. The third kappa shape index (κ3) is 5.04. The van der Waals surface area contributed by atoms with E-state index in [9.17, 15) is 18.0 Å². The highest BCUT2D eigenvalue weighted by atomic mass is 35.5. The highest BCUT2D eigenvalue weighted by molar-refractivity contribution is 6.32. The average Bonchev–Trinajstić information content (AvgIpc) is 3.24. The number of anilines is 1. The van der Waals surface area contributed by atoms with Crippen molar-refractivity contribution in [3.63, 3.8) is 0 Å². The SMILES string of the molecule is CC(F)(F)c1ccc(Cn2ccc(NC(=O)/C=C/c3ccc(F)cc3Cl)n2)o1. The van der Waals surface area contributed by atoms with Crippen LogP contribution in [0.1, 0.15) is 24.0 Å². The molecule has 2 aromatic heterocycles. The Balaban J connectivity index is 1.60. The number of rotatable bonds is 6. The summed E-state index contributed by atoms with van der Waals surface area (Å²) in [5.41, 5.74) is 0.491. The minimum Gasteiger partial charge on any atom is -0.458 e. The van der Waals surface area contributed by atoms with Crippen LogP contribution in [0.15, 0.2) is 53.1 Å². The van der Waals surface area contributed by atoms with Crippen LogP contribution in [0.4, 0.5) is 19.0 Å². The highest BCUT2D eigenvalue weighted by Gasteiger charge is 2.28. The first-order chi connectivity index (χ1) is 13.2. The van der Waals surface area contributed by atoms with Crippen LogP contribution >= 0.6 is 11.6 Å². The molecule has 0 bridgehead atoms. The zero-order valence-corrected chi connectivity index (χ0v) is 15.4. The van der Waals surface area contributed by atoms with Crippen LogP contribution in [0.5, 0.6) is 0 Å². The number of aromatic nitrogens is 2. The summed E-state index contributed by atoms with van der Waals surface area (Å²) in [4.78, 5) is 12.0. The molecule has 0 aliphatic carbocycles. The van der Waals surface area contributed by atoms with Gasteiger partial charge in [0.1, 0.15) is 11.6 Å². The van der Waals surface area contributed by atoms with Crippen LogP contribution in [0.2, 0.25) is 5.02 Å². The van der Waals surface area contributed by atoms with Crippen LogP contribution < -0.4 is 5.32 Å². The fraction of sp³-hybridized carbons (Fsp3) is 0.158. The Hall–Kier alpha value is -3.00. The smallest absolute Gasteiger partial charge is 0.301 e. The summed E-state index contributed by atoms with van der Waals surface area (Å²) in [5.74, 6) is -3.83. The van der Waals surface area contributed by atoms with E-state index in [2.05, 4.69) is 10.4 Å². The van der Waals surface area contributed by atoms with Gasteiger partial charge < -0.3 is 9.73 Å². The normalized spacial score (nSPS) is 11.9. The maximum absolute atomic E-state index is 13.2. The van der Waals surface area contributed by atoms with E-state index in [-0.39, 0.29) is 17.4 Å². The summed E-state index contributed by atoms with van der Waals surface area (Å²) in [6.07, 6.45) is 4.26. The van der Waals surface area contributed by atoms with Crippen LogP contribution in [0.3, 0.4) is 0 Å². The van der Waals surface area contributed by atoms with Gasteiger partial charge in [-0.25, -0.2) is 4.39 Å². The lowest BCUT2D eigenvalue weighted by Crippen LogP contribution is -2.09. The summed E-state index contributed by atoms with van der Waals surface area (Å²) in [7, 11) is 0. The molecule has 0 unspecified atom stereocenters. The zero-order chi connectivity index (χ0) is 20.3. The number of hydrogen-bond donors (Lipinski definition) is 1. The van der Waals surface area contributed by atoms with Crippen molar-refractivity contribution in [3.8, 4) is 0 Å². The lowest BCUT2D eigenvalue weighted by atomic mass is 10.2. The van der Waals surface area contributed by atoms with E-state index >= 15 is 0 Å². The van der Waals surface area contributed by atoms with Gasteiger partial charge >= 0.3 is 5.92 Å². The molecular weight excluding hydrogens is 395 g/mol. The summed E-state index contributed by atoms with van der Waals surface area (Å²) in [6, 6.07) is 8.05. The van der Waals surface area contributed by atoms with Gasteiger partial charge in [-0.15, -0.1) is 0 Å². The zero-order valence-electron chi connectivity index (χ0n) is 14.6. The molecule has 0 saturated heterocycles. The number of alkyl halides is 2. The summed E-state index contributed by atoms with van der Waals surface area (Å²) in [6.45, 7) is 0.886. The third-order valence-corrected chi connectivity index (χ3v) is 4.01. The number of furan rings is 1. The van der Waals surface area contributed by atoms with E-state index in [1.165, 1.54) is 41.1 Å². The molecule has 1 aromatic carbocycles. The minimum atomic E-state index is -3.05. The first-order valence-corrected chi connectivity index (χ1v) is 8.53. The number of carbonyl (C=O) groups excluding carboxylic acids is 1. The summed E-state index contributed by atoms with van der Waals surface area (Å²) >= 11 is 5.89. The Morgan fingerprint density at radius 2 is 2.11 bits per heavy atom. The number of hydrogen-bond acceptors (Lipinski definition) is 3. The first-order valence-electron chi connectivity index (χ1n) is 8.15.